The Hall–Kier alpha value is -1.50. The Kier molecular flexibility index (Phi) is 5.27. The van der Waals surface area contributed by atoms with Crippen molar-refractivity contribution in [2.45, 2.75) is 25.3 Å². The van der Waals surface area contributed by atoms with Gasteiger partial charge < -0.3 is 20.2 Å². The van der Waals surface area contributed by atoms with Gasteiger partial charge in [-0.25, -0.2) is 4.79 Å². The fraction of sp³-hybridized carbons (Fsp3) is 0.769. The number of amides is 3. The summed E-state index contributed by atoms with van der Waals surface area (Å²) in [5, 5.41) is 11.7. The number of halogens is 1. The van der Waals surface area contributed by atoms with Crippen LogP contribution in [-0.2, 0) is 9.59 Å². The lowest BCUT2D eigenvalue weighted by Crippen LogP contribution is -2.50. The Bertz CT molecular complexity index is 424. The predicted molar refractivity (Wildman–Crippen MR) is 76.2 cm³/mol. The van der Waals surface area contributed by atoms with Gasteiger partial charge in [0.1, 0.15) is 0 Å². The van der Waals surface area contributed by atoms with E-state index in [1.807, 2.05) is 0 Å². The summed E-state index contributed by atoms with van der Waals surface area (Å²) in [6.07, 6.45) is 1.46. The summed E-state index contributed by atoms with van der Waals surface area (Å²) in [6, 6.07) is -0.0933. The second-order valence-corrected chi connectivity index (χ2v) is 5.80. The van der Waals surface area contributed by atoms with E-state index in [1.165, 1.54) is 0 Å². The third kappa shape index (κ3) is 3.78. The van der Waals surface area contributed by atoms with E-state index in [2.05, 4.69) is 5.32 Å². The fourth-order valence-corrected chi connectivity index (χ4v) is 2.99. The van der Waals surface area contributed by atoms with Crippen LogP contribution in [0.15, 0.2) is 0 Å². The molecule has 3 amide bonds. The summed E-state index contributed by atoms with van der Waals surface area (Å²) in [5.41, 5.74) is 0. The Morgan fingerprint density at radius 1 is 1.33 bits per heavy atom. The molecule has 0 radical (unpaired) electrons. The average Bonchev–Trinajstić information content (AvgIpc) is 2.87. The van der Waals surface area contributed by atoms with Crippen molar-refractivity contribution in [1.82, 2.24) is 15.1 Å². The van der Waals surface area contributed by atoms with E-state index < -0.39 is 11.9 Å². The molecule has 2 saturated heterocycles. The third-order valence-corrected chi connectivity index (χ3v) is 4.26. The second kappa shape index (κ2) is 6.98. The van der Waals surface area contributed by atoms with Gasteiger partial charge in [0.25, 0.3) is 0 Å². The van der Waals surface area contributed by atoms with Gasteiger partial charge in [0.2, 0.25) is 5.91 Å². The van der Waals surface area contributed by atoms with Crippen LogP contribution in [0.2, 0.25) is 0 Å². The summed E-state index contributed by atoms with van der Waals surface area (Å²) in [5.74, 6) is -1.22. The molecule has 0 aromatic rings. The number of hydrogen-bond donors (Lipinski definition) is 2. The highest BCUT2D eigenvalue weighted by molar-refractivity contribution is 6.18. The summed E-state index contributed by atoms with van der Waals surface area (Å²) in [4.78, 5) is 38.0. The number of hydrogen-bond acceptors (Lipinski definition) is 3. The number of alkyl halides is 1. The van der Waals surface area contributed by atoms with Crippen molar-refractivity contribution in [2.24, 2.45) is 5.92 Å². The number of carboxylic acid groups (broad SMARTS) is 1. The number of aliphatic carboxylic acids is 1. The second-order valence-electron chi connectivity index (χ2n) is 5.42. The Morgan fingerprint density at radius 2 is 2.00 bits per heavy atom. The number of piperidine rings is 1. The van der Waals surface area contributed by atoms with E-state index in [9.17, 15) is 14.4 Å². The molecule has 0 spiro atoms. The molecule has 1 atom stereocenters. The summed E-state index contributed by atoms with van der Waals surface area (Å²) >= 11 is 5.52. The first-order valence-electron chi connectivity index (χ1n) is 7.14. The van der Waals surface area contributed by atoms with Gasteiger partial charge in [-0.1, -0.05) is 0 Å². The highest BCUT2D eigenvalue weighted by Crippen LogP contribution is 2.25. The first-order valence-corrected chi connectivity index (χ1v) is 7.67. The van der Waals surface area contributed by atoms with E-state index >= 15 is 0 Å². The van der Waals surface area contributed by atoms with E-state index in [-0.39, 0.29) is 30.9 Å². The molecule has 2 rings (SSSR count). The molecule has 0 bridgehead atoms. The number of carbonyl (C=O) groups excluding carboxylic acids is 2. The molecule has 8 heteroatoms. The molecule has 2 N–H and O–H groups in total. The maximum absolute atomic E-state index is 11.9. The number of carboxylic acids is 1. The van der Waals surface area contributed by atoms with Gasteiger partial charge in [-0.15, -0.1) is 11.6 Å². The molecule has 2 fully saturated rings. The molecule has 0 aromatic heterocycles. The van der Waals surface area contributed by atoms with Gasteiger partial charge in [-0.05, 0) is 12.8 Å². The SMILES string of the molecule is O=C(O)C1CC(=O)N(C2CCN(C(=O)NCCCl)CC2)C1. The molecule has 0 saturated carbocycles. The minimum atomic E-state index is -0.913. The number of carbonyl (C=O) groups is 3. The van der Waals surface area contributed by atoms with Crippen LogP contribution in [0.3, 0.4) is 0 Å². The zero-order valence-corrected chi connectivity index (χ0v) is 12.5. The lowest BCUT2D eigenvalue weighted by molar-refractivity contribution is -0.141. The van der Waals surface area contributed by atoms with Crippen molar-refractivity contribution in [3.05, 3.63) is 0 Å². The van der Waals surface area contributed by atoms with Gasteiger partial charge in [0.15, 0.2) is 0 Å². The van der Waals surface area contributed by atoms with Crippen molar-refractivity contribution in [3.63, 3.8) is 0 Å². The fourth-order valence-electron chi connectivity index (χ4n) is 2.90. The Balaban J connectivity index is 1.83. The summed E-state index contributed by atoms with van der Waals surface area (Å²) in [7, 11) is 0. The van der Waals surface area contributed by atoms with Crippen molar-refractivity contribution < 1.29 is 19.5 Å². The number of nitrogens with zero attached hydrogens (tertiary/aromatic N) is 2. The smallest absolute Gasteiger partial charge is 0.317 e. The van der Waals surface area contributed by atoms with Gasteiger partial charge in [-0.2, -0.15) is 0 Å². The summed E-state index contributed by atoms with van der Waals surface area (Å²) in [6.45, 7) is 1.86. The van der Waals surface area contributed by atoms with Crippen LogP contribution in [0.5, 0.6) is 0 Å². The minimum absolute atomic E-state index is 0.0407. The van der Waals surface area contributed by atoms with Gasteiger partial charge in [0.05, 0.1) is 5.92 Å². The molecular weight excluding hydrogens is 298 g/mol. The van der Waals surface area contributed by atoms with Crippen LogP contribution in [0.25, 0.3) is 0 Å². The predicted octanol–water partition coefficient (Wildman–Crippen LogP) is 0.332. The number of likely N-dealkylation sites (tertiary alicyclic amines) is 2. The number of urea groups is 1. The van der Waals surface area contributed by atoms with Crippen LogP contribution in [0, 0.1) is 5.92 Å². The maximum Gasteiger partial charge on any atom is 0.317 e. The molecule has 21 heavy (non-hydrogen) atoms. The van der Waals surface area contributed by atoms with E-state index in [0.29, 0.717) is 38.4 Å². The van der Waals surface area contributed by atoms with Crippen LogP contribution >= 0.6 is 11.6 Å². The van der Waals surface area contributed by atoms with Crippen LogP contribution in [0.1, 0.15) is 19.3 Å². The molecule has 0 aromatic carbocycles. The zero-order chi connectivity index (χ0) is 15.4. The lowest BCUT2D eigenvalue weighted by Gasteiger charge is -2.36. The molecule has 1 unspecified atom stereocenters. The highest BCUT2D eigenvalue weighted by Gasteiger charge is 2.39. The molecule has 0 aliphatic carbocycles. The molecule has 2 aliphatic rings. The standard InChI is InChI=1S/C13H20ClN3O4/c14-3-4-15-13(21)16-5-1-10(2-6-16)17-8-9(12(19)20)7-11(17)18/h9-10H,1-8H2,(H,15,21)(H,19,20). The van der Waals surface area contributed by atoms with Crippen molar-refractivity contribution in [2.75, 3.05) is 32.1 Å². The quantitative estimate of drug-likeness (QED) is 0.731. The number of rotatable bonds is 4. The van der Waals surface area contributed by atoms with Crippen LogP contribution < -0.4 is 5.32 Å². The number of nitrogens with one attached hydrogen (secondary N) is 1. The normalized spacial score (nSPS) is 23.5. The van der Waals surface area contributed by atoms with E-state index in [4.69, 9.17) is 16.7 Å². The Morgan fingerprint density at radius 3 is 2.52 bits per heavy atom. The maximum atomic E-state index is 11.9. The third-order valence-electron chi connectivity index (χ3n) is 4.07. The van der Waals surface area contributed by atoms with Crippen LogP contribution in [-0.4, -0.2) is 70.9 Å². The van der Waals surface area contributed by atoms with E-state index in [1.54, 1.807) is 9.80 Å². The monoisotopic (exact) mass is 317 g/mol. The highest BCUT2D eigenvalue weighted by atomic mass is 35.5. The largest absolute Gasteiger partial charge is 0.481 e. The topological polar surface area (TPSA) is 90.0 Å². The Labute approximate surface area is 128 Å². The molecule has 2 aliphatic heterocycles. The van der Waals surface area contributed by atoms with Crippen molar-refractivity contribution >= 4 is 29.5 Å². The van der Waals surface area contributed by atoms with E-state index in [0.717, 1.165) is 0 Å². The van der Waals surface area contributed by atoms with Crippen molar-refractivity contribution in [1.29, 1.82) is 0 Å². The van der Waals surface area contributed by atoms with Gasteiger partial charge >= 0.3 is 12.0 Å². The molecular formula is C13H20ClN3O4. The molecule has 7 nitrogen and oxygen atoms in total. The minimum Gasteiger partial charge on any atom is -0.481 e. The zero-order valence-electron chi connectivity index (χ0n) is 11.8. The average molecular weight is 318 g/mol. The van der Waals surface area contributed by atoms with Gasteiger partial charge in [-0.3, -0.25) is 9.59 Å². The summed E-state index contributed by atoms with van der Waals surface area (Å²) < 4.78 is 0. The molecule has 2 heterocycles. The van der Waals surface area contributed by atoms with Gasteiger partial charge in [0, 0.05) is 44.5 Å². The first kappa shape index (κ1) is 15.9. The lowest BCUT2D eigenvalue weighted by atomic mass is 10.0. The van der Waals surface area contributed by atoms with Crippen LogP contribution in [0.4, 0.5) is 4.79 Å². The first-order chi connectivity index (χ1) is 10.0. The molecule has 118 valence electrons. The van der Waals surface area contributed by atoms with Crippen molar-refractivity contribution in [3.8, 4) is 0 Å².